The van der Waals surface area contributed by atoms with Crippen molar-refractivity contribution in [2.75, 3.05) is 52.8 Å². The molecule has 6 N–H and O–H groups in total. The third-order valence-electron chi connectivity index (χ3n) is 8.70. The lowest BCUT2D eigenvalue weighted by atomic mass is 9.99. The third-order valence-corrected chi connectivity index (χ3v) is 8.70. The van der Waals surface area contributed by atoms with Crippen molar-refractivity contribution >= 4 is 35.6 Å². The molecule has 0 radical (unpaired) electrons. The summed E-state index contributed by atoms with van der Waals surface area (Å²) in [4.78, 5) is 95.0. The molecule has 20 heteroatoms. The summed E-state index contributed by atoms with van der Waals surface area (Å²) in [6.07, 6.45) is -1.53. The highest BCUT2D eigenvalue weighted by Gasteiger charge is 2.29. The summed E-state index contributed by atoms with van der Waals surface area (Å²) in [5.41, 5.74) is 4.03. The zero-order valence-corrected chi connectivity index (χ0v) is 33.8. The number of ketones is 1. The standard InChI is InChI=1S/C42H50N6O14/c49-35(12-7-19-57-20-21-58-22-23-59-24-25-61-48-41(54)55)33(26-29-8-3-1-4-9-29)45-40(53)34(27-37(51)60-28-30-10-5-2-6-11-30)44-36(50)17-18-43-39(52)32-15-13-31(14-16-32)38-46-42(56)62-47-38/h1-6,8-11,13-16,33-34,48H,7,12,17-28H2,(H,43,52)(H,44,50)(H,45,53)(H,54,55)(H,46,47,56)/t33-,34-/m0/s1. The predicted molar refractivity (Wildman–Crippen MR) is 218 cm³/mol. The number of nitrogens with one attached hydrogen (secondary N) is 5. The summed E-state index contributed by atoms with van der Waals surface area (Å²) < 4.78 is 26.2. The van der Waals surface area contributed by atoms with Crippen molar-refractivity contribution in [2.45, 2.75) is 50.8 Å². The Labute approximate surface area is 355 Å². The minimum atomic E-state index is -1.42. The maximum Gasteiger partial charge on any atom is 0.439 e. The van der Waals surface area contributed by atoms with Gasteiger partial charge in [-0.3, -0.25) is 38.3 Å². The fourth-order valence-electron chi connectivity index (χ4n) is 5.61. The number of carboxylic acid groups (broad SMARTS) is 1. The first-order valence-electron chi connectivity index (χ1n) is 19.7. The number of carbonyl (C=O) groups excluding carboxylic acids is 5. The molecule has 4 rings (SSSR count). The second-order valence-corrected chi connectivity index (χ2v) is 13.4. The minimum Gasteiger partial charge on any atom is -0.464 e. The Kier molecular flexibility index (Phi) is 21.0. The molecule has 0 aliphatic carbocycles. The van der Waals surface area contributed by atoms with E-state index < -0.39 is 54.0 Å². The number of hydrogen-bond donors (Lipinski definition) is 6. The van der Waals surface area contributed by atoms with Gasteiger partial charge in [0.15, 0.2) is 11.6 Å². The summed E-state index contributed by atoms with van der Waals surface area (Å²) in [5, 5.41) is 20.0. The number of hydroxylamine groups is 1. The Hall–Kier alpha value is -6.74. The average molecular weight is 863 g/mol. The first-order valence-corrected chi connectivity index (χ1v) is 19.7. The van der Waals surface area contributed by atoms with Crippen molar-refractivity contribution in [2.24, 2.45) is 0 Å². The van der Waals surface area contributed by atoms with Gasteiger partial charge in [-0.15, -0.1) is 0 Å². The molecule has 0 saturated heterocycles. The van der Waals surface area contributed by atoms with Gasteiger partial charge in [-0.1, -0.05) is 78.0 Å². The van der Waals surface area contributed by atoms with Crippen LogP contribution in [0.3, 0.4) is 0 Å². The van der Waals surface area contributed by atoms with Crippen LogP contribution in [-0.4, -0.2) is 116 Å². The lowest BCUT2D eigenvalue weighted by molar-refractivity contribution is -0.147. The molecule has 0 spiro atoms. The van der Waals surface area contributed by atoms with Gasteiger partial charge in [0.25, 0.3) is 5.91 Å². The molecular weight excluding hydrogens is 812 g/mol. The second-order valence-electron chi connectivity index (χ2n) is 13.4. The number of aromatic nitrogens is 2. The van der Waals surface area contributed by atoms with Crippen molar-refractivity contribution in [3.05, 3.63) is 112 Å². The predicted octanol–water partition coefficient (Wildman–Crippen LogP) is 2.09. The van der Waals surface area contributed by atoms with Crippen LogP contribution in [0.1, 0.15) is 47.2 Å². The summed E-state index contributed by atoms with van der Waals surface area (Å²) in [7, 11) is 0. The van der Waals surface area contributed by atoms with Gasteiger partial charge in [0.05, 0.1) is 52.1 Å². The fraction of sp³-hybridized carbons (Fsp3) is 0.381. The number of aromatic amines is 1. The molecule has 0 unspecified atom stereocenters. The lowest BCUT2D eigenvalue weighted by Crippen LogP contribution is -2.53. The van der Waals surface area contributed by atoms with Crippen molar-refractivity contribution in [3.8, 4) is 11.4 Å². The largest absolute Gasteiger partial charge is 0.464 e. The van der Waals surface area contributed by atoms with Crippen LogP contribution in [0.5, 0.6) is 0 Å². The topological polar surface area (TPSA) is 276 Å². The Balaban J connectivity index is 1.28. The molecule has 0 aliphatic rings. The number of ether oxygens (including phenoxy) is 4. The number of Topliss-reactive ketones (excluding diaryl/α,β-unsaturated/α-hetero) is 1. The van der Waals surface area contributed by atoms with Gasteiger partial charge in [-0.25, -0.2) is 9.59 Å². The second kappa shape index (κ2) is 27.2. The highest BCUT2D eigenvalue weighted by molar-refractivity contribution is 5.96. The molecule has 0 aliphatic heterocycles. The molecule has 4 amide bonds. The van der Waals surface area contributed by atoms with Gasteiger partial charge in [-0.2, -0.15) is 5.48 Å². The van der Waals surface area contributed by atoms with Crippen molar-refractivity contribution in [1.29, 1.82) is 0 Å². The van der Waals surface area contributed by atoms with Crippen molar-refractivity contribution in [3.63, 3.8) is 0 Å². The molecule has 0 fully saturated rings. The van der Waals surface area contributed by atoms with Gasteiger partial charge >= 0.3 is 17.8 Å². The highest BCUT2D eigenvalue weighted by atomic mass is 16.7. The number of benzene rings is 3. The van der Waals surface area contributed by atoms with Gasteiger partial charge < -0.3 is 40.0 Å². The van der Waals surface area contributed by atoms with E-state index in [9.17, 15) is 33.6 Å². The smallest absolute Gasteiger partial charge is 0.439 e. The quantitative estimate of drug-likeness (QED) is 0.0259. The zero-order valence-electron chi connectivity index (χ0n) is 33.8. The van der Waals surface area contributed by atoms with Gasteiger partial charge in [-0.05, 0) is 36.1 Å². The van der Waals surface area contributed by atoms with Crippen molar-refractivity contribution in [1.82, 2.24) is 31.6 Å². The molecular formula is C42H50N6O14. The number of rotatable bonds is 29. The number of H-pyrrole nitrogens is 1. The maximum absolute atomic E-state index is 13.8. The van der Waals surface area contributed by atoms with E-state index in [1.807, 2.05) is 24.3 Å². The van der Waals surface area contributed by atoms with Crippen LogP contribution < -0.4 is 27.2 Å². The molecule has 62 heavy (non-hydrogen) atoms. The number of amides is 4. The van der Waals surface area contributed by atoms with E-state index in [1.165, 1.54) is 12.1 Å². The zero-order chi connectivity index (χ0) is 44.4. The number of esters is 1. The van der Waals surface area contributed by atoms with Crippen LogP contribution in [-0.2, 0) is 56.0 Å². The van der Waals surface area contributed by atoms with Crippen LogP contribution in [0.25, 0.3) is 11.4 Å². The summed E-state index contributed by atoms with van der Waals surface area (Å²) >= 11 is 0. The molecule has 4 aromatic rings. The average Bonchev–Trinajstić information content (AvgIpc) is 3.71. The van der Waals surface area contributed by atoms with Crippen LogP contribution in [0.2, 0.25) is 0 Å². The highest BCUT2D eigenvalue weighted by Crippen LogP contribution is 2.14. The van der Waals surface area contributed by atoms with Crippen LogP contribution in [0.15, 0.2) is 94.2 Å². The SMILES string of the molecule is O=C(O)NOCCOCCOCCOCCCC(=O)[C@H](Cc1ccccc1)NC(=O)[C@H](CC(=O)OCc1ccccc1)NC(=O)CCNC(=O)c1ccc(-c2noc(=O)[nH]2)cc1. The van der Waals surface area contributed by atoms with Gasteiger partial charge in [0.2, 0.25) is 11.8 Å². The maximum atomic E-state index is 13.8. The molecule has 0 saturated carbocycles. The van der Waals surface area contributed by atoms with Gasteiger partial charge in [0, 0.05) is 37.1 Å². The summed E-state index contributed by atoms with van der Waals surface area (Å²) in [6.45, 7) is 1.38. The van der Waals surface area contributed by atoms with Crippen LogP contribution in [0.4, 0.5) is 4.79 Å². The molecule has 3 aromatic carbocycles. The van der Waals surface area contributed by atoms with E-state index in [2.05, 4.69) is 35.5 Å². The molecule has 2 atom stereocenters. The van der Waals surface area contributed by atoms with E-state index in [-0.39, 0.29) is 95.8 Å². The Morgan fingerprint density at radius 1 is 0.726 bits per heavy atom. The molecule has 0 bridgehead atoms. The Morgan fingerprint density at radius 3 is 1.98 bits per heavy atom. The molecule has 332 valence electrons. The first-order chi connectivity index (χ1) is 30.1. The van der Waals surface area contributed by atoms with E-state index >= 15 is 0 Å². The van der Waals surface area contributed by atoms with E-state index in [4.69, 9.17) is 24.1 Å². The Morgan fingerprint density at radius 2 is 1.35 bits per heavy atom. The first kappa shape index (κ1) is 47.9. The molecule has 20 nitrogen and oxygen atoms in total. The number of carbonyl (C=O) groups is 6. The molecule has 1 aromatic heterocycles. The lowest BCUT2D eigenvalue weighted by Gasteiger charge is -2.23. The summed E-state index contributed by atoms with van der Waals surface area (Å²) in [6, 6.07) is 21.7. The molecule has 1 heterocycles. The van der Waals surface area contributed by atoms with Crippen LogP contribution in [0, 0.1) is 0 Å². The van der Waals surface area contributed by atoms with E-state index in [0.717, 1.165) is 11.1 Å². The van der Waals surface area contributed by atoms with Crippen LogP contribution >= 0.6 is 0 Å². The third kappa shape index (κ3) is 18.7. The minimum absolute atomic E-state index is 0.0475. The number of nitrogens with zero attached hydrogens (tertiary/aromatic N) is 1. The number of hydrogen-bond acceptors (Lipinski definition) is 14. The van der Waals surface area contributed by atoms with Gasteiger partial charge in [0.1, 0.15) is 12.6 Å². The Bertz CT molecular complexity index is 2060. The fourth-order valence-corrected chi connectivity index (χ4v) is 5.61. The summed E-state index contributed by atoms with van der Waals surface area (Å²) in [5.74, 6) is -3.49. The van der Waals surface area contributed by atoms with E-state index in [1.54, 1.807) is 54.0 Å². The van der Waals surface area contributed by atoms with Crippen molar-refractivity contribution < 1.29 is 62.2 Å². The monoisotopic (exact) mass is 862 g/mol. The normalized spacial score (nSPS) is 11.8. The van der Waals surface area contributed by atoms with E-state index in [0.29, 0.717) is 12.0 Å².